The second-order valence-corrected chi connectivity index (χ2v) is 7.04. The molecule has 1 aliphatic rings. The van der Waals surface area contributed by atoms with Crippen LogP contribution in [0.4, 0.5) is 0 Å². The molecule has 1 fully saturated rings. The van der Waals surface area contributed by atoms with Gasteiger partial charge in [0.25, 0.3) is 5.91 Å². The average Bonchev–Trinajstić information content (AvgIpc) is 3.34. The Morgan fingerprint density at radius 1 is 1.37 bits per heavy atom. The maximum Gasteiger partial charge on any atom is 0.267 e. The summed E-state index contributed by atoms with van der Waals surface area (Å²) in [5, 5.41) is 21.2. The van der Waals surface area contributed by atoms with Gasteiger partial charge in [0.05, 0.1) is 6.04 Å². The van der Waals surface area contributed by atoms with Gasteiger partial charge in [-0.2, -0.15) is 4.80 Å². The molecule has 0 spiro atoms. The van der Waals surface area contributed by atoms with Gasteiger partial charge in [0.1, 0.15) is 0 Å². The lowest BCUT2D eigenvalue weighted by atomic mass is 10.0. The molecule has 2 N–H and O–H groups in total. The van der Waals surface area contributed by atoms with Gasteiger partial charge in [-0.3, -0.25) is 14.9 Å². The van der Waals surface area contributed by atoms with Crippen molar-refractivity contribution in [3.8, 4) is 0 Å². The van der Waals surface area contributed by atoms with E-state index in [1.165, 1.54) is 18.1 Å². The minimum absolute atomic E-state index is 0.224. The number of hydroxylamine groups is 1. The van der Waals surface area contributed by atoms with Gasteiger partial charge in [-0.05, 0) is 55.7 Å². The highest BCUT2D eigenvalue weighted by molar-refractivity contribution is 5.90. The second kappa shape index (κ2) is 8.88. The maximum absolute atomic E-state index is 11.1. The first-order chi connectivity index (χ1) is 13.1. The van der Waals surface area contributed by atoms with Crippen LogP contribution in [0.25, 0.3) is 6.08 Å². The molecule has 1 unspecified atom stereocenters. The predicted molar refractivity (Wildman–Crippen MR) is 101 cm³/mol. The number of tetrazole rings is 1. The molecule has 2 heterocycles. The van der Waals surface area contributed by atoms with Crippen molar-refractivity contribution in [1.82, 2.24) is 30.6 Å². The Morgan fingerprint density at radius 2 is 2.15 bits per heavy atom. The van der Waals surface area contributed by atoms with E-state index in [-0.39, 0.29) is 6.04 Å². The smallest absolute Gasteiger partial charge is 0.267 e. The van der Waals surface area contributed by atoms with Crippen LogP contribution in [0.2, 0.25) is 0 Å². The highest BCUT2D eigenvalue weighted by Gasteiger charge is 2.25. The summed E-state index contributed by atoms with van der Waals surface area (Å²) in [6, 6.07) is 8.80. The van der Waals surface area contributed by atoms with E-state index in [4.69, 9.17) is 5.21 Å². The number of carbonyl (C=O) groups is 1. The Morgan fingerprint density at radius 3 is 2.81 bits per heavy atom. The fraction of sp³-hybridized carbons (Fsp3) is 0.474. The Labute approximate surface area is 158 Å². The summed E-state index contributed by atoms with van der Waals surface area (Å²) in [6.07, 6.45) is 6.07. The molecule has 1 aliphatic heterocycles. The third-order valence-corrected chi connectivity index (χ3v) is 4.78. The monoisotopic (exact) mass is 370 g/mol. The molecule has 1 amide bonds. The van der Waals surface area contributed by atoms with Gasteiger partial charge in [-0.25, -0.2) is 5.48 Å². The first-order valence-corrected chi connectivity index (χ1v) is 9.31. The van der Waals surface area contributed by atoms with E-state index in [9.17, 15) is 4.79 Å². The van der Waals surface area contributed by atoms with Gasteiger partial charge in [0.15, 0.2) is 5.82 Å². The molecule has 0 bridgehead atoms. The molecule has 144 valence electrons. The van der Waals surface area contributed by atoms with Crippen molar-refractivity contribution in [3.63, 3.8) is 0 Å². The van der Waals surface area contributed by atoms with E-state index >= 15 is 0 Å². The number of hydrogen-bond donors (Lipinski definition) is 2. The lowest BCUT2D eigenvalue weighted by molar-refractivity contribution is -0.124. The molecule has 1 aromatic heterocycles. The first-order valence-electron chi connectivity index (χ1n) is 9.31. The summed E-state index contributed by atoms with van der Waals surface area (Å²) in [7, 11) is 0. The molecule has 27 heavy (non-hydrogen) atoms. The number of rotatable bonds is 7. The lowest BCUT2D eigenvalue weighted by Gasteiger charge is -2.24. The van der Waals surface area contributed by atoms with Crippen LogP contribution in [0, 0.1) is 0 Å². The van der Waals surface area contributed by atoms with Gasteiger partial charge in [-0.1, -0.05) is 24.3 Å². The van der Waals surface area contributed by atoms with Crippen LogP contribution >= 0.6 is 0 Å². The summed E-state index contributed by atoms with van der Waals surface area (Å²) in [6.45, 7) is 6.06. The number of nitrogens with one attached hydrogen (secondary N) is 1. The lowest BCUT2D eigenvalue weighted by Crippen LogP contribution is -2.26. The quantitative estimate of drug-likeness (QED) is 0.440. The van der Waals surface area contributed by atoms with Crippen molar-refractivity contribution in [2.75, 3.05) is 13.1 Å². The minimum Gasteiger partial charge on any atom is -0.296 e. The summed E-state index contributed by atoms with van der Waals surface area (Å²) >= 11 is 0. The molecular weight excluding hydrogens is 344 g/mol. The topological polar surface area (TPSA) is 96.2 Å². The van der Waals surface area contributed by atoms with Crippen molar-refractivity contribution < 1.29 is 10.0 Å². The highest BCUT2D eigenvalue weighted by Crippen LogP contribution is 2.32. The molecular formula is C19H26N6O2. The number of likely N-dealkylation sites (tertiary alicyclic amines) is 1. The molecule has 0 saturated carbocycles. The zero-order chi connectivity index (χ0) is 19.2. The van der Waals surface area contributed by atoms with Crippen LogP contribution in [0.1, 0.15) is 55.7 Å². The highest BCUT2D eigenvalue weighted by atomic mass is 16.5. The van der Waals surface area contributed by atoms with Crippen LogP contribution in [-0.2, 0) is 11.2 Å². The zero-order valence-corrected chi connectivity index (χ0v) is 15.7. The molecule has 3 rings (SSSR count). The van der Waals surface area contributed by atoms with Crippen molar-refractivity contribution in [2.24, 2.45) is 0 Å². The van der Waals surface area contributed by atoms with E-state index < -0.39 is 5.91 Å². The standard InChI is InChI=1S/C19H26N6O2/c1-14(2)25-21-18(20-23-25)11-13-24-12-3-4-17(24)16-8-5-15(6-9-16)7-10-19(26)22-27/h5-10,14,17,27H,3-4,11-13H2,1-2H3,(H,22,26)/b10-7+. The SMILES string of the molecule is CC(C)n1nnc(CCN2CCCC2c2ccc(/C=C/C(=O)NO)cc2)n1. The number of amides is 1. The third kappa shape index (κ3) is 4.99. The Bertz CT molecular complexity index is 784. The summed E-state index contributed by atoms with van der Waals surface area (Å²) in [5.74, 6) is 0.251. The van der Waals surface area contributed by atoms with Crippen molar-refractivity contribution in [2.45, 2.75) is 45.2 Å². The van der Waals surface area contributed by atoms with E-state index in [0.29, 0.717) is 6.04 Å². The summed E-state index contributed by atoms with van der Waals surface area (Å²) < 4.78 is 0. The van der Waals surface area contributed by atoms with E-state index in [0.717, 1.165) is 37.3 Å². The molecule has 1 aromatic carbocycles. The fourth-order valence-corrected chi connectivity index (χ4v) is 3.33. The van der Waals surface area contributed by atoms with Crippen LogP contribution in [0.15, 0.2) is 30.3 Å². The van der Waals surface area contributed by atoms with E-state index in [1.807, 2.05) is 26.0 Å². The number of hydrogen-bond acceptors (Lipinski definition) is 6. The van der Waals surface area contributed by atoms with Crippen LogP contribution in [0.3, 0.4) is 0 Å². The minimum atomic E-state index is -0.538. The molecule has 2 aromatic rings. The van der Waals surface area contributed by atoms with Crippen LogP contribution in [-0.4, -0.2) is 49.3 Å². The van der Waals surface area contributed by atoms with Crippen molar-refractivity contribution >= 4 is 12.0 Å². The third-order valence-electron chi connectivity index (χ3n) is 4.78. The molecule has 0 aliphatic carbocycles. The molecule has 0 radical (unpaired) electrons. The maximum atomic E-state index is 11.1. The van der Waals surface area contributed by atoms with Gasteiger partial charge >= 0.3 is 0 Å². The van der Waals surface area contributed by atoms with Gasteiger partial charge < -0.3 is 0 Å². The second-order valence-electron chi connectivity index (χ2n) is 7.04. The van der Waals surface area contributed by atoms with Gasteiger partial charge in [0, 0.05) is 25.1 Å². The van der Waals surface area contributed by atoms with E-state index in [1.54, 1.807) is 16.4 Å². The largest absolute Gasteiger partial charge is 0.296 e. The van der Waals surface area contributed by atoms with Gasteiger partial charge in [-0.15, -0.1) is 10.2 Å². The molecule has 8 heteroatoms. The fourth-order valence-electron chi connectivity index (χ4n) is 3.33. The zero-order valence-electron chi connectivity index (χ0n) is 15.7. The molecule has 1 saturated heterocycles. The number of carbonyl (C=O) groups excluding carboxylic acids is 1. The summed E-state index contributed by atoms with van der Waals surface area (Å²) in [5.41, 5.74) is 3.77. The Balaban J connectivity index is 1.60. The Hall–Kier alpha value is -2.58. The normalized spacial score (nSPS) is 17.9. The van der Waals surface area contributed by atoms with Crippen molar-refractivity contribution in [3.05, 3.63) is 47.3 Å². The average molecular weight is 370 g/mol. The van der Waals surface area contributed by atoms with Gasteiger partial charge in [0.2, 0.25) is 0 Å². The number of nitrogens with zero attached hydrogens (tertiary/aromatic N) is 5. The molecule has 8 nitrogen and oxygen atoms in total. The van der Waals surface area contributed by atoms with E-state index in [2.05, 4.69) is 32.4 Å². The van der Waals surface area contributed by atoms with Crippen LogP contribution in [0.5, 0.6) is 0 Å². The number of aromatic nitrogens is 4. The number of benzene rings is 1. The van der Waals surface area contributed by atoms with Crippen LogP contribution < -0.4 is 5.48 Å². The summed E-state index contributed by atoms with van der Waals surface area (Å²) in [4.78, 5) is 15.2. The van der Waals surface area contributed by atoms with Crippen molar-refractivity contribution in [1.29, 1.82) is 0 Å². The molecule has 1 atom stereocenters. The Kier molecular flexibility index (Phi) is 6.31. The first kappa shape index (κ1) is 19.2. The predicted octanol–water partition coefficient (Wildman–Crippen LogP) is 2.15.